The maximum absolute atomic E-state index is 12.8. The summed E-state index contributed by atoms with van der Waals surface area (Å²) in [5, 5.41) is 14.1. The van der Waals surface area contributed by atoms with Crippen molar-refractivity contribution in [3.8, 4) is 11.8 Å². The molecule has 1 aliphatic carbocycles. The summed E-state index contributed by atoms with van der Waals surface area (Å²) in [6.07, 6.45) is 1.57. The molecule has 1 spiro atoms. The fourth-order valence-electron chi connectivity index (χ4n) is 3.98. The minimum Gasteiger partial charge on any atom is -0.305 e. The van der Waals surface area contributed by atoms with Crippen molar-refractivity contribution in [1.29, 1.82) is 0 Å². The lowest BCUT2D eigenvalue weighted by Crippen LogP contribution is -2.57. The van der Waals surface area contributed by atoms with Gasteiger partial charge in [-0.05, 0) is 56.4 Å². The smallest absolute Gasteiger partial charge is 0.159 e. The zero-order valence-corrected chi connectivity index (χ0v) is 16.8. The average Bonchev–Trinajstić information content (AvgIpc) is 3.34. The molecule has 2 aliphatic rings. The van der Waals surface area contributed by atoms with Gasteiger partial charge in [-0.3, -0.25) is 0 Å². The second-order valence-electron chi connectivity index (χ2n) is 7.76. The van der Waals surface area contributed by atoms with Gasteiger partial charge in [0.15, 0.2) is 9.84 Å². The SMILES string of the molecule is CC#Cc1cc2c(nn1)sc1ccc(C3(C)CS(=O)(=O)C4(CC4)CN3)cc12. The van der Waals surface area contributed by atoms with Crippen LogP contribution in [0.15, 0.2) is 24.3 Å². The van der Waals surface area contributed by atoms with E-state index in [9.17, 15) is 8.42 Å². The molecule has 1 aliphatic heterocycles. The fourth-order valence-corrected chi connectivity index (χ4v) is 7.31. The van der Waals surface area contributed by atoms with Crippen molar-refractivity contribution in [2.45, 2.75) is 37.0 Å². The Morgan fingerprint density at radius 2 is 2.00 bits per heavy atom. The molecule has 3 heterocycles. The molecular weight excluding hydrogens is 378 g/mol. The van der Waals surface area contributed by atoms with Crippen LogP contribution in [0.2, 0.25) is 0 Å². The van der Waals surface area contributed by atoms with Gasteiger partial charge >= 0.3 is 0 Å². The lowest BCUT2D eigenvalue weighted by molar-refractivity contribution is 0.371. The highest BCUT2D eigenvalue weighted by Crippen LogP contribution is 2.48. The van der Waals surface area contributed by atoms with Gasteiger partial charge < -0.3 is 5.32 Å². The van der Waals surface area contributed by atoms with Gasteiger partial charge in [0.2, 0.25) is 0 Å². The van der Waals surface area contributed by atoms with Crippen LogP contribution in [0.25, 0.3) is 20.3 Å². The molecule has 0 bridgehead atoms. The lowest BCUT2D eigenvalue weighted by atomic mass is 9.92. The molecule has 1 saturated carbocycles. The molecule has 2 fully saturated rings. The first kappa shape index (κ1) is 17.1. The van der Waals surface area contributed by atoms with Crippen LogP contribution in [-0.2, 0) is 15.4 Å². The highest BCUT2D eigenvalue weighted by atomic mass is 32.2. The first-order valence-corrected chi connectivity index (χ1v) is 11.4. The molecule has 5 nitrogen and oxygen atoms in total. The maximum Gasteiger partial charge on any atom is 0.159 e. The quantitative estimate of drug-likeness (QED) is 0.639. The van der Waals surface area contributed by atoms with E-state index in [1.807, 2.05) is 19.1 Å². The molecule has 1 atom stereocenters. The molecule has 138 valence electrons. The first-order chi connectivity index (χ1) is 12.9. The molecule has 2 aromatic heterocycles. The maximum atomic E-state index is 12.8. The largest absolute Gasteiger partial charge is 0.305 e. The van der Waals surface area contributed by atoms with E-state index in [1.165, 1.54) is 0 Å². The van der Waals surface area contributed by atoms with Crippen LogP contribution in [0.3, 0.4) is 0 Å². The topological polar surface area (TPSA) is 72.0 Å². The number of hydrogen-bond acceptors (Lipinski definition) is 6. The van der Waals surface area contributed by atoms with Crippen LogP contribution in [-0.4, -0.2) is 35.7 Å². The molecule has 3 aromatic rings. The van der Waals surface area contributed by atoms with E-state index in [0.29, 0.717) is 12.2 Å². The standard InChI is InChI=1S/C20H19N3O2S2/c1-3-4-14-10-16-15-9-13(5-6-17(15)26-18(16)23-22-14)19(2)12-27(24,25)20(7-8-20)11-21-19/h5-6,9-10,21H,7-8,11-12H2,1-2H3. The number of sulfone groups is 1. The van der Waals surface area contributed by atoms with Crippen LogP contribution < -0.4 is 5.32 Å². The summed E-state index contributed by atoms with van der Waals surface area (Å²) in [6.45, 7) is 4.30. The molecule has 1 saturated heterocycles. The van der Waals surface area contributed by atoms with E-state index in [0.717, 1.165) is 38.7 Å². The molecule has 0 radical (unpaired) electrons. The van der Waals surface area contributed by atoms with Crippen molar-refractivity contribution >= 4 is 41.5 Å². The van der Waals surface area contributed by atoms with Crippen LogP contribution in [0.1, 0.15) is 37.9 Å². The predicted octanol–water partition coefficient (Wildman–Crippen LogP) is 2.98. The normalized spacial score (nSPS) is 25.4. The highest BCUT2D eigenvalue weighted by Gasteiger charge is 2.59. The van der Waals surface area contributed by atoms with Crippen molar-refractivity contribution in [3.63, 3.8) is 0 Å². The molecule has 27 heavy (non-hydrogen) atoms. The highest BCUT2D eigenvalue weighted by molar-refractivity contribution is 7.93. The third-order valence-corrected chi connectivity index (χ3v) is 9.77. The van der Waals surface area contributed by atoms with Crippen molar-refractivity contribution in [3.05, 3.63) is 35.5 Å². The van der Waals surface area contributed by atoms with Crippen molar-refractivity contribution in [2.24, 2.45) is 0 Å². The number of rotatable bonds is 1. The Kier molecular flexibility index (Phi) is 3.49. The number of aromatic nitrogens is 2. The van der Waals surface area contributed by atoms with Crippen LogP contribution >= 0.6 is 11.3 Å². The predicted molar refractivity (Wildman–Crippen MR) is 109 cm³/mol. The number of nitrogens with zero attached hydrogens (tertiary/aromatic N) is 2. The Hall–Kier alpha value is -2.01. The Bertz CT molecular complexity index is 1260. The fraction of sp³-hybridized carbons (Fsp3) is 0.400. The van der Waals surface area contributed by atoms with Gasteiger partial charge in [-0.1, -0.05) is 12.0 Å². The lowest BCUT2D eigenvalue weighted by Gasteiger charge is -2.39. The van der Waals surface area contributed by atoms with E-state index in [4.69, 9.17) is 0 Å². The molecule has 1 aromatic carbocycles. The Balaban J connectivity index is 1.64. The van der Waals surface area contributed by atoms with E-state index >= 15 is 0 Å². The molecule has 5 rings (SSSR count). The summed E-state index contributed by atoms with van der Waals surface area (Å²) in [5.41, 5.74) is 1.06. The average molecular weight is 398 g/mol. The van der Waals surface area contributed by atoms with E-state index in [2.05, 4.69) is 39.5 Å². The second-order valence-corrected chi connectivity index (χ2v) is 11.2. The van der Waals surface area contributed by atoms with Gasteiger partial charge in [0.25, 0.3) is 0 Å². The number of benzene rings is 1. The van der Waals surface area contributed by atoms with Gasteiger partial charge in [0.05, 0.1) is 16.0 Å². The van der Waals surface area contributed by atoms with Gasteiger partial charge in [0.1, 0.15) is 10.5 Å². The molecule has 1 unspecified atom stereocenters. The summed E-state index contributed by atoms with van der Waals surface area (Å²) in [4.78, 5) is 0.870. The van der Waals surface area contributed by atoms with Gasteiger partial charge in [-0.25, -0.2) is 8.42 Å². The van der Waals surface area contributed by atoms with Gasteiger partial charge in [0, 0.05) is 22.0 Å². The molecule has 7 heteroatoms. The summed E-state index contributed by atoms with van der Waals surface area (Å²) < 4.78 is 26.3. The third-order valence-electron chi connectivity index (χ3n) is 5.87. The van der Waals surface area contributed by atoms with Crippen molar-refractivity contribution in [2.75, 3.05) is 12.3 Å². The summed E-state index contributed by atoms with van der Waals surface area (Å²) in [7, 11) is -3.10. The van der Waals surface area contributed by atoms with Crippen LogP contribution in [0.4, 0.5) is 0 Å². The van der Waals surface area contributed by atoms with E-state index < -0.39 is 20.1 Å². The zero-order valence-electron chi connectivity index (χ0n) is 15.2. The Morgan fingerprint density at radius 1 is 1.19 bits per heavy atom. The summed E-state index contributed by atoms with van der Waals surface area (Å²) in [6, 6.07) is 8.16. The van der Waals surface area contributed by atoms with Gasteiger partial charge in [-0.2, -0.15) is 0 Å². The number of fused-ring (bicyclic) bond motifs is 3. The number of thiophene rings is 1. The summed E-state index contributed by atoms with van der Waals surface area (Å²) in [5.74, 6) is 5.95. The van der Waals surface area contributed by atoms with E-state index in [-0.39, 0.29) is 5.75 Å². The van der Waals surface area contributed by atoms with Crippen molar-refractivity contribution in [1.82, 2.24) is 15.5 Å². The van der Waals surface area contributed by atoms with Crippen molar-refractivity contribution < 1.29 is 8.42 Å². The third kappa shape index (κ3) is 2.51. The van der Waals surface area contributed by atoms with E-state index in [1.54, 1.807) is 18.3 Å². The second kappa shape index (κ2) is 5.51. The van der Waals surface area contributed by atoms with Crippen LogP contribution in [0.5, 0.6) is 0 Å². The first-order valence-electron chi connectivity index (χ1n) is 8.96. The minimum absolute atomic E-state index is 0.139. The Morgan fingerprint density at radius 3 is 2.70 bits per heavy atom. The number of nitrogens with one attached hydrogen (secondary N) is 1. The molecule has 1 N–H and O–H groups in total. The summed E-state index contributed by atoms with van der Waals surface area (Å²) >= 11 is 1.59. The number of hydrogen-bond donors (Lipinski definition) is 1. The monoisotopic (exact) mass is 397 g/mol. The van der Waals surface area contributed by atoms with Crippen LogP contribution in [0, 0.1) is 11.8 Å². The Labute approximate surface area is 162 Å². The zero-order chi connectivity index (χ0) is 18.9. The minimum atomic E-state index is -3.10. The molecular formula is C20H19N3O2S2. The van der Waals surface area contributed by atoms with Gasteiger partial charge in [-0.15, -0.1) is 21.5 Å². The molecule has 0 amide bonds.